The fraction of sp³-hybridized carbons (Fsp3) is 0.353. The molecule has 2 unspecified atom stereocenters. The number of fused-ring (bicyclic) bond motifs is 1. The molecule has 0 spiro atoms. The van der Waals surface area contributed by atoms with Gasteiger partial charge in [0.1, 0.15) is 0 Å². The van der Waals surface area contributed by atoms with Gasteiger partial charge in [0.15, 0.2) is 5.44 Å². The number of alkyl halides is 3. The maximum atomic E-state index is 13.1. The first-order chi connectivity index (χ1) is 13.1. The van der Waals surface area contributed by atoms with Gasteiger partial charge in [0.2, 0.25) is 0 Å². The molecule has 0 saturated carbocycles. The third-order valence-electron chi connectivity index (χ3n) is 4.32. The number of hydrogen-bond acceptors (Lipinski definition) is 6. The van der Waals surface area contributed by atoms with E-state index >= 15 is 0 Å². The summed E-state index contributed by atoms with van der Waals surface area (Å²) >= 11 is 0. The van der Waals surface area contributed by atoms with E-state index in [9.17, 15) is 26.4 Å². The second-order valence-electron chi connectivity index (χ2n) is 6.02. The lowest BCUT2D eigenvalue weighted by atomic mass is 10.1. The molecular formula is C17H17F3O6S2. The van der Waals surface area contributed by atoms with Gasteiger partial charge in [0.25, 0.3) is 0 Å². The van der Waals surface area contributed by atoms with Crippen LogP contribution in [0, 0.1) is 0 Å². The van der Waals surface area contributed by atoms with Crippen LogP contribution in [0.2, 0.25) is 0 Å². The molecule has 1 saturated heterocycles. The topological polar surface area (TPSA) is 78.9 Å². The van der Waals surface area contributed by atoms with Crippen molar-refractivity contribution in [1.29, 1.82) is 0 Å². The molecule has 0 N–H and O–H groups in total. The summed E-state index contributed by atoms with van der Waals surface area (Å²) in [4.78, 5) is 11.9. The van der Waals surface area contributed by atoms with Crippen LogP contribution >= 0.6 is 10.3 Å². The van der Waals surface area contributed by atoms with E-state index in [4.69, 9.17) is 8.37 Å². The normalized spacial score (nSPS) is 25.2. The summed E-state index contributed by atoms with van der Waals surface area (Å²) in [6.45, 7) is 0. The molecule has 1 fully saturated rings. The average molecular weight is 438 g/mol. The number of carbonyl (C=O) groups excluding carboxylic acids is 1. The van der Waals surface area contributed by atoms with Gasteiger partial charge in [-0.2, -0.15) is 21.6 Å². The first-order valence-electron chi connectivity index (χ1n) is 8.15. The van der Waals surface area contributed by atoms with Crippen molar-refractivity contribution in [3.8, 4) is 0 Å². The van der Waals surface area contributed by atoms with Gasteiger partial charge in [-0.25, -0.2) is 8.42 Å². The van der Waals surface area contributed by atoms with Crippen LogP contribution in [-0.2, 0) is 23.2 Å². The van der Waals surface area contributed by atoms with Gasteiger partial charge in [0.05, 0.1) is 7.11 Å². The van der Waals surface area contributed by atoms with Crippen LogP contribution in [0.5, 0.6) is 0 Å². The Labute approximate surface area is 161 Å². The summed E-state index contributed by atoms with van der Waals surface area (Å²) in [5, 5.41) is 1.24. The lowest BCUT2D eigenvalue weighted by Crippen LogP contribution is -2.31. The minimum absolute atomic E-state index is 0.00201. The molecule has 0 aromatic heterocycles. The molecular weight excluding hydrogens is 421 g/mol. The molecule has 6 nitrogen and oxygen atoms in total. The highest BCUT2D eigenvalue weighted by Gasteiger charge is 2.55. The molecule has 2 atom stereocenters. The van der Waals surface area contributed by atoms with Crippen molar-refractivity contribution >= 4 is 37.4 Å². The largest absolute Gasteiger partial charge is 0.523 e. The molecule has 154 valence electrons. The quantitative estimate of drug-likeness (QED) is 0.509. The van der Waals surface area contributed by atoms with Gasteiger partial charge < -0.3 is 9.47 Å². The van der Waals surface area contributed by atoms with Crippen molar-refractivity contribution in [3.63, 3.8) is 0 Å². The number of halogens is 3. The van der Waals surface area contributed by atoms with E-state index in [0.717, 1.165) is 7.11 Å². The number of methoxy groups -OCH3 is 1. The van der Waals surface area contributed by atoms with Crippen LogP contribution in [0.4, 0.5) is 18.0 Å². The molecule has 28 heavy (non-hydrogen) atoms. The van der Waals surface area contributed by atoms with Gasteiger partial charge in [-0.15, -0.1) is 0 Å². The Kier molecular flexibility index (Phi) is 5.52. The molecule has 2 aromatic rings. The Hall–Kier alpha value is -1.98. The van der Waals surface area contributed by atoms with E-state index in [0.29, 0.717) is 17.2 Å². The van der Waals surface area contributed by atoms with Crippen LogP contribution in [0.1, 0.15) is 12.8 Å². The van der Waals surface area contributed by atoms with Crippen molar-refractivity contribution < 1.29 is 39.5 Å². The summed E-state index contributed by atoms with van der Waals surface area (Å²) in [5.41, 5.74) is -6.79. The fourth-order valence-electron chi connectivity index (χ4n) is 3.14. The molecule has 1 aliphatic rings. The van der Waals surface area contributed by atoms with Gasteiger partial charge >= 0.3 is 21.8 Å². The van der Waals surface area contributed by atoms with Crippen LogP contribution in [0.3, 0.4) is 0 Å². The molecule has 0 aliphatic carbocycles. The summed E-state index contributed by atoms with van der Waals surface area (Å²) in [5.74, 6) is -0.00201. The average Bonchev–Trinajstić information content (AvgIpc) is 3.02. The minimum Gasteiger partial charge on any atom is -0.438 e. The van der Waals surface area contributed by atoms with Gasteiger partial charge in [-0.3, -0.25) is 0 Å². The van der Waals surface area contributed by atoms with E-state index in [1.54, 1.807) is 36.4 Å². The van der Waals surface area contributed by atoms with Crippen LogP contribution in [0.25, 0.3) is 10.8 Å². The molecule has 2 aromatic carbocycles. The van der Waals surface area contributed by atoms with Gasteiger partial charge in [0, 0.05) is 10.6 Å². The van der Waals surface area contributed by atoms with Crippen molar-refractivity contribution in [2.45, 2.75) is 28.7 Å². The lowest BCUT2D eigenvalue weighted by molar-refractivity contribution is -0.0497. The molecule has 1 aliphatic heterocycles. The molecule has 0 bridgehead atoms. The number of benzene rings is 2. The predicted octanol–water partition coefficient (Wildman–Crippen LogP) is 4.69. The van der Waals surface area contributed by atoms with Crippen molar-refractivity contribution in [3.05, 3.63) is 42.5 Å². The van der Waals surface area contributed by atoms with Crippen LogP contribution < -0.4 is 0 Å². The molecule has 3 rings (SSSR count). The third kappa shape index (κ3) is 3.65. The Morgan fingerprint density at radius 2 is 1.82 bits per heavy atom. The van der Waals surface area contributed by atoms with Crippen molar-refractivity contribution in [2.24, 2.45) is 0 Å². The Balaban J connectivity index is 2.21. The minimum atomic E-state index is -5.93. The van der Waals surface area contributed by atoms with Gasteiger partial charge in [-0.1, -0.05) is 46.7 Å². The zero-order valence-electron chi connectivity index (χ0n) is 14.6. The standard InChI is InChI=1S/C17H17F3O6S2/c1-24-16(21)25-15-10-5-11-27(15,26-28(22,23)17(18,19)20)14-9-4-7-12-6-2-3-8-13(12)14/h2-4,6-9,15H,5,10-11H2,1H3. The predicted molar refractivity (Wildman–Crippen MR) is 97.2 cm³/mol. The SMILES string of the molecule is COC(=O)OC1CCCS1(OS(=O)(=O)C(F)(F)F)c1cccc2ccccc12. The van der Waals surface area contributed by atoms with E-state index < -0.39 is 37.5 Å². The molecule has 0 radical (unpaired) electrons. The van der Waals surface area contributed by atoms with E-state index in [-0.39, 0.29) is 17.1 Å². The van der Waals surface area contributed by atoms with E-state index in [2.05, 4.69) is 4.74 Å². The highest BCUT2D eigenvalue weighted by molar-refractivity contribution is 8.33. The zero-order chi connectivity index (χ0) is 20.6. The Morgan fingerprint density at radius 1 is 1.14 bits per heavy atom. The maximum absolute atomic E-state index is 13.1. The number of rotatable bonds is 4. The highest BCUT2D eigenvalue weighted by atomic mass is 32.3. The Bertz CT molecular complexity index is 987. The second kappa shape index (κ2) is 7.45. The van der Waals surface area contributed by atoms with Gasteiger partial charge in [-0.05, 0) is 29.7 Å². The monoisotopic (exact) mass is 438 g/mol. The zero-order valence-corrected chi connectivity index (χ0v) is 16.3. The number of carbonyl (C=O) groups is 1. The van der Waals surface area contributed by atoms with Crippen molar-refractivity contribution in [2.75, 3.05) is 12.9 Å². The highest BCUT2D eigenvalue weighted by Crippen LogP contribution is 2.69. The fourth-order valence-corrected chi connectivity index (χ4v) is 8.65. The lowest BCUT2D eigenvalue weighted by Gasteiger charge is -2.39. The first-order valence-corrected chi connectivity index (χ1v) is 11.4. The summed E-state index contributed by atoms with van der Waals surface area (Å²) in [6.07, 6.45) is -0.633. The molecule has 11 heteroatoms. The number of hydrogen-bond donors (Lipinski definition) is 0. The van der Waals surface area contributed by atoms with Crippen LogP contribution in [-0.4, -0.2) is 38.4 Å². The number of ether oxygens (including phenoxy) is 2. The third-order valence-corrected chi connectivity index (χ3v) is 9.75. The first kappa shape index (κ1) is 20.7. The van der Waals surface area contributed by atoms with Crippen molar-refractivity contribution in [1.82, 2.24) is 0 Å². The van der Waals surface area contributed by atoms with E-state index in [1.807, 2.05) is 0 Å². The maximum Gasteiger partial charge on any atom is 0.523 e. The second-order valence-corrected chi connectivity index (χ2v) is 10.8. The Morgan fingerprint density at radius 3 is 2.50 bits per heavy atom. The van der Waals surface area contributed by atoms with Crippen LogP contribution in [0.15, 0.2) is 47.4 Å². The molecule has 1 heterocycles. The summed E-state index contributed by atoms with van der Waals surface area (Å²) in [6, 6.07) is 11.7. The smallest absolute Gasteiger partial charge is 0.438 e. The van der Waals surface area contributed by atoms with E-state index in [1.165, 1.54) is 6.07 Å². The summed E-state index contributed by atoms with van der Waals surface area (Å²) < 4.78 is 77.7. The summed E-state index contributed by atoms with van der Waals surface area (Å²) in [7, 11) is -8.06. The molecule has 0 amide bonds.